The van der Waals surface area contributed by atoms with Crippen molar-refractivity contribution in [3.8, 4) is 45.3 Å². The van der Waals surface area contributed by atoms with Gasteiger partial charge in [-0.3, -0.25) is 0 Å². The second kappa shape index (κ2) is 10.7. The zero-order valence-corrected chi connectivity index (χ0v) is 26.4. The molecule has 0 aliphatic heterocycles. The van der Waals surface area contributed by atoms with Crippen LogP contribution in [0.5, 0.6) is 0 Å². The van der Waals surface area contributed by atoms with Gasteiger partial charge in [0, 0.05) is 53.2 Å². The van der Waals surface area contributed by atoms with Crippen molar-refractivity contribution in [2.45, 2.75) is 0 Å². The summed E-state index contributed by atoms with van der Waals surface area (Å²) in [6, 6.07) is 52.5. The minimum atomic E-state index is 0.610. The van der Waals surface area contributed by atoms with Crippen LogP contribution in [-0.4, -0.2) is 15.0 Å². The Bertz CT molecular complexity index is 2780. The highest BCUT2D eigenvalue weighted by molar-refractivity contribution is 7.26. The quantitative estimate of drug-likeness (QED) is 0.194. The van der Waals surface area contributed by atoms with Crippen molar-refractivity contribution >= 4 is 64.2 Å². The van der Waals surface area contributed by atoms with Crippen LogP contribution in [0.2, 0.25) is 0 Å². The fraction of sp³-hybridized carbons (Fsp3) is 0. The van der Waals surface area contributed by atoms with Gasteiger partial charge in [0.1, 0.15) is 11.2 Å². The molecule has 10 rings (SSSR count). The number of para-hydroxylation sites is 1. The molecule has 0 aliphatic carbocycles. The van der Waals surface area contributed by atoms with Crippen molar-refractivity contribution in [2.75, 3.05) is 0 Å². The highest BCUT2D eigenvalue weighted by Crippen LogP contribution is 2.46. The molecule has 0 spiro atoms. The lowest BCUT2D eigenvalue weighted by atomic mass is 9.96. The Labute approximate surface area is 279 Å². The summed E-state index contributed by atoms with van der Waals surface area (Å²) >= 11 is 1.86. The number of hydrogen-bond donors (Lipinski definition) is 0. The molecule has 0 N–H and O–H groups in total. The molecular formula is C43H25N3OS. The smallest absolute Gasteiger partial charge is 0.164 e. The number of nitrogens with zero attached hydrogens (tertiary/aromatic N) is 3. The molecule has 7 aromatic carbocycles. The minimum absolute atomic E-state index is 0.610. The maximum absolute atomic E-state index is 6.77. The van der Waals surface area contributed by atoms with Crippen molar-refractivity contribution in [1.29, 1.82) is 0 Å². The van der Waals surface area contributed by atoms with E-state index in [0.717, 1.165) is 49.8 Å². The number of thiophene rings is 1. The lowest BCUT2D eigenvalue weighted by Gasteiger charge is -2.09. The summed E-state index contributed by atoms with van der Waals surface area (Å²) in [5, 5.41) is 7.10. The first-order chi connectivity index (χ1) is 23.8. The SMILES string of the molecule is c1ccc(-c2nc(-c3ccccc3)nc(-c3cccc4oc5c(-c6cccc7sc8c9ccccc9ccc8c67)cccc5c34)n2)cc1. The van der Waals surface area contributed by atoms with Crippen molar-refractivity contribution in [3.63, 3.8) is 0 Å². The zero-order chi connectivity index (χ0) is 31.6. The normalized spacial score (nSPS) is 11.8. The first-order valence-corrected chi connectivity index (χ1v) is 16.8. The maximum atomic E-state index is 6.77. The molecule has 4 nitrogen and oxygen atoms in total. The summed E-state index contributed by atoms with van der Waals surface area (Å²) in [5.41, 5.74) is 6.67. The first-order valence-electron chi connectivity index (χ1n) is 15.9. The minimum Gasteiger partial charge on any atom is -0.455 e. The van der Waals surface area contributed by atoms with E-state index in [0.29, 0.717) is 17.5 Å². The van der Waals surface area contributed by atoms with Crippen LogP contribution in [0.1, 0.15) is 0 Å². The standard InChI is InChI=1S/C43H25N3OS/c1-3-13-27(14-4-1)41-44-42(28-15-5-2-6-16-28)46-43(45-41)34-21-10-22-35-37(34)32-20-9-19-31(39(32)47-35)30-18-11-23-36-38(30)33-25-24-26-12-7-8-17-29(26)40(33)48-36/h1-25H. The molecule has 0 fully saturated rings. The van der Waals surface area contributed by atoms with Crippen molar-refractivity contribution < 1.29 is 4.42 Å². The number of benzene rings is 7. The van der Waals surface area contributed by atoms with E-state index >= 15 is 0 Å². The fourth-order valence-corrected chi connectivity index (χ4v) is 8.22. The van der Waals surface area contributed by atoms with Gasteiger partial charge < -0.3 is 4.42 Å². The summed E-state index contributed by atoms with van der Waals surface area (Å²) in [6.45, 7) is 0. The van der Waals surface area contributed by atoms with Crippen LogP contribution in [0, 0.1) is 0 Å². The number of fused-ring (bicyclic) bond motifs is 8. The lowest BCUT2D eigenvalue weighted by Crippen LogP contribution is -2.00. The monoisotopic (exact) mass is 631 g/mol. The van der Waals surface area contributed by atoms with Gasteiger partial charge in [0.25, 0.3) is 0 Å². The molecule has 3 heterocycles. The Balaban J connectivity index is 1.22. The predicted molar refractivity (Wildman–Crippen MR) is 199 cm³/mol. The largest absolute Gasteiger partial charge is 0.455 e. The molecule has 48 heavy (non-hydrogen) atoms. The van der Waals surface area contributed by atoms with E-state index in [9.17, 15) is 0 Å². The van der Waals surface area contributed by atoms with Crippen LogP contribution in [0.15, 0.2) is 156 Å². The molecular weight excluding hydrogens is 607 g/mol. The molecule has 224 valence electrons. The topological polar surface area (TPSA) is 51.8 Å². The third kappa shape index (κ3) is 4.18. The van der Waals surface area contributed by atoms with Crippen LogP contribution in [0.3, 0.4) is 0 Å². The fourth-order valence-electron chi connectivity index (χ4n) is 6.95. The molecule has 0 atom stereocenters. The molecule has 0 aliphatic rings. The maximum Gasteiger partial charge on any atom is 0.164 e. The average Bonchev–Trinajstić information content (AvgIpc) is 3.74. The number of aromatic nitrogens is 3. The zero-order valence-electron chi connectivity index (χ0n) is 25.6. The molecule has 0 saturated carbocycles. The van der Waals surface area contributed by atoms with Gasteiger partial charge in [0.15, 0.2) is 17.5 Å². The van der Waals surface area contributed by atoms with Crippen LogP contribution in [0.4, 0.5) is 0 Å². The van der Waals surface area contributed by atoms with Crippen LogP contribution in [-0.2, 0) is 0 Å². The van der Waals surface area contributed by atoms with E-state index in [1.54, 1.807) is 0 Å². The molecule has 0 saturated heterocycles. The summed E-state index contributed by atoms with van der Waals surface area (Å²) < 4.78 is 9.35. The van der Waals surface area contributed by atoms with Crippen LogP contribution in [0.25, 0.3) is 98.2 Å². The third-order valence-corrected chi connectivity index (χ3v) is 10.3. The van der Waals surface area contributed by atoms with E-state index in [2.05, 4.69) is 78.9 Å². The molecule has 5 heteroatoms. The highest BCUT2D eigenvalue weighted by atomic mass is 32.1. The van der Waals surface area contributed by atoms with Gasteiger partial charge in [-0.25, -0.2) is 15.0 Å². The van der Waals surface area contributed by atoms with Gasteiger partial charge in [-0.15, -0.1) is 11.3 Å². The molecule has 0 bridgehead atoms. The lowest BCUT2D eigenvalue weighted by molar-refractivity contribution is 0.670. The summed E-state index contributed by atoms with van der Waals surface area (Å²) in [6.07, 6.45) is 0. The van der Waals surface area contributed by atoms with Crippen LogP contribution >= 0.6 is 11.3 Å². The van der Waals surface area contributed by atoms with Gasteiger partial charge in [-0.1, -0.05) is 140 Å². The van der Waals surface area contributed by atoms with Crippen LogP contribution < -0.4 is 0 Å². The first kappa shape index (κ1) is 27.0. The number of furan rings is 1. The van der Waals surface area contributed by atoms with Crippen molar-refractivity contribution in [2.24, 2.45) is 0 Å². The summed E-state index contributed by atoms with van der Waals surface area (Å²) in [5.74, 6) is 1.88. The van der Waals surface area contributed by atoms with Crippen molar-refractivity contribution in [3.05, 3.63) is 152 Å². The van der Waals surface area contributed by atoms with Gasteiger partial charge in [0.05, 0.1) is 0 Å². The Hall–Kier alpha value is -6.17. The third-order valence-electron chi connectivity index (χ3n) is 9.14. The Morgan fingerprint density at radius 1 is 0.417 bits per heavy atom. The van der Waals surface area contributed by atoms with Gasteiger partial charge in [-0.2, -0.15) is 0 Å². The summed E-state index contributed by atoms with van der Waals surface area (Å²) in [7, 11) is 0. The molecule has 0 amide bonds. The number of hydrogen-bond acceptors (Lipinski definition) is 5. The molecule has 3 aromatic heterocycles. The van der Waals surface area contributed by atoms with Gasteiger partial charge >= 0.3 is 0 Å². The number of rotatable bonds is 4. The van der Waals surface area contributed by atoms with Crippen molar-refractivity contribution in [1.82, 2.24) is 15.0 Å². The van der Waals surface area contributed by atoms with E-state index in [1.165, 1.54) is 30.9 Å². The Kier molecular flexibility index (Phi) is 6.01. The van der Waals surface area contributed by atoms with E-state index < -0.39 is 0 Å². The molecule has 0 radical (unpaired) electrons. The second-order valence-corrected chi connectivity index (χ2v) is 13.0. The highest BCUT2D eigenvalue weighted by Gasteiger charge is 2.21. The predicted octanol–water partition coefficient (Wildman–Crippen LogP) is 12.0. The van der Waals surface area contributed by atoms with E-state index in [4.69, 9.17) is 19.4 Å². The molecule has 0 unspecified atom stereocenters. The van der Waals surface area contributed by atoms with E-state index in [-0.39, 0.29) is 0 Å². The second-order valence-electron chi connectivity index (χ2n) is 11.9. The summed E-state index contributed by atoms with van der Waals surface area (Å²) in [4.78, 5) is 15.0. The van der Waals surface area contributed by atoms with E-state index in [1.807, 2.05) is 84.1 Å². The van der Waals surface area contributed by atoms with Gasteiger partial charge in [-0.05, 0) is 28.5 Å². The van der Waals surface area contributed by atoms with Gasteiger partial charge in [0.2, 0.25) is 0 Å². The Morgan fingerprint density at radius 3 is 1.83 bits per heavy atom. The Morgan fingerprint density at radius 2 is 1.04 bits per heavy atom. The average molecular weight is 632 g/mol. The molecule has 10 aromatic rings.